The van der Waals surface area contributed by atoms with Crippen LogP contribution in [0.15, 0.2) is 17.0 Å². The van der Waals surface area contributed by atoms with Crippen LogP contribution in [0.4, 0.5) is 5.69 Å². The quantitative estimate of drug-likeness (QED) is 0.715. The Hall–Kier alpha value is -1.84. The molecule has 1 atom stereocenters. The zero-order chi connectivity index (χ0) is 16.4. The van der Waals surface area contributed by atoms with Gasteiger partial charge in [-0.25, -0.2) is 13.1 Å². The van der Waals surface area contributed by atoms with Crippen LogP contribution >= 0.6 is 0 Å². The monoisotopic (exact) mass is 341 g/mol. The Balaban J connectivity index is 1.92. The molecule has 1 saturated heterocycles. The Labute approximate surface area is 134 Å². The predicted molar refractivity (Wildman–Crippen MR) is 83.3 cm³/mol. The lowest BCUT2D eigenvalue weighted by Gasteiger charge is -2.25. The Kier molecular flexibility index (Phi) is 4.42. The number of piperidine rings is 1. The molecule has 1 fully saturated rings. The van der Waals surface area contributed by atoms with Crippen molar-refractivity contribution in [1.29, 1.82) is 0 Å². The van der Waals surface area contributed by atoms with E-state index in [0.717, 1.165) is 19.4 Å². The van der Waals surface area contributed by atoms with Gasteiger partial charge in [0.05, 0.1) is 12.8 Å². The van der Waals surface area contributed by atoms with Crippen LogP contribution in [-0.2, 0) is 14.8 Å². The summed E-state index contributed by atoms with van der Waals surface area (Å²) in [6.07, 6.45) is 1.70. The Morgan fingerprint density at radius 3 is 2.91 bits per heavy atom. The zero-order valence-electron chi connectivity index (χ0n) is 12.7. The third kappa shape index (κ3) is 3.41. The normalized spacial score (nSPS) is 21.1. The molecule has 126 valence electrons. The summed E-state index contributed by atoms with van der Waals surface area (Å²) < 4.78 is 38.5. The standard InChI is InChI=1S/C14H19N3O5S/c1-21-12-5-10-11(22-8-14(18)16-10)6-13(12)23(19,20)17-9-3-2-4-15-7-9/h5-6,9,15,17H,2-4,7-8H2,1H3,(H,16,18)/t9-/m1/s1. The fraction of sp³-hybridized carbons (Fsp3) is 0.500. The van der Waals surface area contributed by atoms with E-state index in [1.54, 1.807) is 0 Å². The van der Waals surface area contributed by atoms with Crippen molar-refractivity contribution in [2.75, 3.05) is 32.1 Å². The minimum absolute atomic E-state index is 0.000437. The summed E-state index contributed by atoms with van der Waals surface area (Å²) >= 11 is 0. The number of sulfonamides is 1. The highest BCUT2D eigenvalue weighted by Gasteiger charge is 2.28. The van der Waals surface area contributed by atoms with E-state index in [0.29, 0.717) is 18.0 Å². The highest BCUT2D eigenvalue weighted by atomic mass is 32.2. The molecule has 1 aromatic rings. The highest BCUT2D eigenvalue weighted by Crippen LogP contribution is 2.37. The lowest BCUT2D eigenvalue weighted by Crippen LogP contribution is -2.45. The van der Waals surface area contributed by atoms with Crippen LogP contribution in [-0.4, -0.2) is 47.2 Å². The molecular formula is C14H19N3O5S. The molecule has 0 spiro atoms. The Morgan fingerprint density at radius 1 is 1.39 bits per heavy atom. The number of amides is 1. The average molecular weight is 341 g/mol. The van der Waals surface area contributed by atoms with Crippen molar-refractivity contribution < 1.29 is 22.7 Å². The molecule has 2 aliphatic rings. The van der Waals surface area contributed by atoms with Crippen molar-refractivity contribution in [2.24, 2.45) is 0 Å². The maximum atomic E-state index is 12.7. The van der Waals surface area contributed by atoms with Crippen LogP contribution in [0.25, 0.3) is 0 Å². The first kappa shape index (κ1) is 16.0. The number of carbonyl (C=O) groups is 1. The molecule has 1 aromatic carbocycles. The molecule has 0 aliphatic carbocycles. The summed E-state index contributed by atoms with van der Waals surface area (Å²) in [5, 5.41) is 5.79. The van der Waals surface area contributed by atoms with Crippen LogP contribution < -0.4 is 24.8 Å². The van der Waals surface area contributed by atoms with Crippen LogP contribution in [0.3, 0.4) is 0 Å². The minimum atomic E-state index is -3.76. The predicted octanol–water partition coefficient (Wildman–Crippen LogP) is 0.0564. The van der Waals surface area contributed by atoms with Gasteiger partial charge in [-0.15, -0.1) is 0 Å². The second-order valence-electron chi connectivity index (χ2n) is 5.50. The zero-order valence-corrected chi connectivity index (χ0v) is 13.5. The van der Waals surface area contributed by atoms with Crippen molar-refractivity contribution in [1.82, 2.24) is 10.0 Å². The number of methoxy groups -OCH3 is 1. The second kappa shape index (κ2) is 6.34. The van der Waals surface area contributed by atoms with Crippen molar-refractivity contribution in [3.8, 4) is 11.5 Å². The van der Waals surface area contributed by atoms with E-state index in [2.05, 4.69) is 15.4 Å². The van der Waals surface area contributed by atoms with Gasteiger partial charge in [-0.05, 0) is 19.4 Å². The van der Waals surface area contributed by atoms with Gasteiger partial charge in [0, 0.05) is 24.7 Å². The third-order valence-electron chi connectivity index (χ3n) is 3.81. The summed E-state index contributed by atoms with van der Waals surface area (Å²) in [5.74, 6) is 0.180. The topological polar surface area (TPSA) is 106 Å². The van der Waals surface area contributed by atoms with Crippen molar-refractivity contribution in [3.05, 3.63) is 12.1 Å². The lowest BCUT2D eigenvalue weighted by atomic mass is 10.1. The number of benzene rings is 1. The smallest absolute Gasteiger partial charge is 0.262 e. The van der Waals surface area contributed by atoms with Crippen LogP contribution in [0.1, 0.15) is 12.8 Å². The summed E-state index contributed by atoms with van der Waals surface area (Å²) in [6.45, 7) is 1.35. The van der Waals surface area contributed by atoms with Crippen LogP contribution in [0.2, 0.25) is 0 Å². The van der Waals surface area contributed by atoms with E-state index >= 15 is 0 Å². The van der Waals surface area contributed by atoms with E-state index in [4.69, 9.17) is 9.47 Å². The number of hydrogen-bond acceptors (Lipinski definition) is 6. The van der Waals surface area contributed by atoms with Gasteiger partial charge >= 0.3 is 0 Å². The largest absolute Gasteiger partial charge is 0.495 e. The Bertz CT molecular complexity index is 713. The van der Waals surface area contributed by atoms with E-state index in [9.17, 15) is 13.2 Å². The van der Waals surface area contributed by atoms with Gasteiger partial charge in [0.25, 0.3) is 5.91 Å². The molecule has 0 unspecified atom stereocenters. The van der Waals surface area contributed by atoms with Crippen LogP contribution in [0.5, 0.6) is 11.5 Å². The maximum absolute atomic E-state index is 12.7. The van der Waals surface area contributed by atoms with E-state index in [1.165, 1.54) is 19.2 Å². The van der Waals surface area contributed by atoms with Crippen molar-refractivity contribution in [3.63, 3.8) is 0 Å². The first-order valence-corrected chi connectivity index (χ1v) is 8.85. The summed E-state index contributed by atoms with van der Waals surface area (Å²) in [5.41, 5.74) is 0.399. The summed E-state index contributed by atoms with van der Waals surface area (Å²) in [7, 11) is -2.37. The molecule has 9 heteroatoms. The van der Waals surface area contributed by atoms with Gasteiger partial charge < -0.3 is 20.1 Å². The first-order valence-electron chi connectivity index (χ1n) is 7.37. The summed E-state index contributed by atoms with van der Waals surface area (Å²) in [4.78, 5) is 11.4. The molecule has 3 N–H and O–H groups in total. The lowest BCUT2D eigenvalue weighted by molar-refractivity contribution is -0.118. The molecule has 0 saturated carbocycles. The van der Waals surface area contributed by atoms with Crippen molar-refractivity contribution >= 4 is 21.6 Å². The number of hydrogen-bond donors (Lipinski definition) is 3. The fourth-order valence-corrected chi connectivity index (χ4v) is 4.13. The number of fused-ring (bicyclic) bond motifs is 1. The molecule has 1 amide bonds. The van der Waals surface area contributed by atoms with Gasteiger partial charge in [-0.3, -0.25) is 4.79 Å². The minimum Gasteiger partial charge on any atom is -0.495 e. The van der Waals surface area contributed by atoms with E-state index in [1.807, 2.05) is 0 Å². The van der Waals surface area contributed by atoms with Gasteiger partial charge in [-0.2, -0.15) is 0 Å². The molecule has 2 heterocycles. The van der Waals surface area contributed by atoms with Gasteiger partial charge in [0.1, 0.15) is 16.4 Å². The average Bonchev–Trinajstić information content (AvgIpc) is 2.54. The number of anilines is 1. The molecule has 23 heavy (non-hydrogen) atoms. The fourth-order valence-electron chi connectivity index (χ4n) is 2.69. The SMILES string of the molecule is COc1cc2c(cc1S(=O)(=O)N[C@@H]1CCCNC1)OCC(=O)N2. The van der Waals surface area contributed by atoms with Crippen LogP contribution in [0, 0.1) is 0 Å². The molecule has 2 aliphatic heterocycles. The number of rotatable bonds is 4. The molecular weight excluding hydrogens is 322 g/mol. The van der Waals surface area contributed by atoms with E-state index < -0.39 is 10.0 Å². The number of nitrogens with one attached hydrogen (secondary N) is 3. The number of carbonyl (C=O) groups excluding carboxylic acids is 1. The van der Waals surface area contributed by atoms with E-state index in [-0.39, 0.29) is 29.2 Å². The van der Waals surface area contributed by atoms with Gasteiger partial charge in [0.2, 0.25) is 10.0 Å². The maximum Gasteiger partial charge on any atom is 0.262 e. The highest BCUT2D eigenvalue weighted by molar-refractivity contribution is 7.89. The number of ether oxygens (including phenoxy) is 2. The molecule has 0 radical (unpaired) electrons. The third-order valence-corrected chi connectivity index (χ3v) is 5.35. The molecule has 0 bridgehead atoms. The molecule has 8 nitrogen and oxygen atoms in total. The second-order valence-corrected chi connectivity index (χ2v) is 7.18. The van der Waals surface area contributed by atoms with Gasteiger partial charge in [-0.1, -0.05) is 0 Å². The molecule has 0 aromatic heterocycles. The summed E-state index contributed by atoms with van der Waals surface area (Å²) in [6, 6.07) is 2.68. The van der Waals surface area contributed by atoms with Gasteiger partial charge in [0.15, 0.2) is 6.61 Å². The first-order chi connectivity index (χ1) is 11.0. The van der Waals surface area contributed by atoms with Crippen molar-refractivity contribution in [2.45, 2.75) is 23.8 Å². The Morgan fingerprint density at radius 2 is 2.22 bits per heavy atom. The molecule has 3 rings (SSSR count).